The number of Topliss-reactive ketones (excluding diaryl/α,β-unsaturated/α-hetero) is 1. The summed E-state index contributed by atoms with van der Waals surface area (Å²) in [4.78, 5) is 13.0. The number of carbonyl (C=O) groups is 1. The number of hydrogen-bond donors (Lipinski definition) is 0. The zero-order valence-electron chi connectivity index (χ0n) is 15.3. The van der Waals surface area contributed by atoms with Crippen molar-refractivity contribution in [3.63, 3.8) is 0 Å². The van der Waals surface area contributed by atoms with E-state index in [9.17, 15) is 9.18 Å². The number of halogens is 2. The molecule has 2 aliphatic carbocycles. The molecule has 0 heterocycles. The van der Waals surface area contributed by atoms with E-state index in [0.717, 1.165) is 12.0 Å². The van der Waals surface area contributed by atoms with Crippen LogP contribution >= 0.6 is 15.9 Å². The van der Waals surface area contributed by atoms with Crippen molar-refractivity contribution in [2.24, 2.45) is 11.8 Å². The maximum atomic E-state index is 13.2. The van der Waals surface area contributed by atoms with Crippen molar-refractivity contribution >= 4 is 38.6 Å². The van der Waals surface area contributed by atoms with Crippen molar-refractivity contribution in [1.82, 2.24) is 0 Å². The highest BCUT2D eigenvalue weighted by molar-refractivity contribution is 9.10. The van der Waals surface area contributed by atoms with Crippen LogP contribution in [0.25, 0.3) is 16.8 Å². The summed E-state index contributed by atoms with van der Waals surface area (Å²) in [5, 5.41) is 2.47. The summed E-state index contributed by atoms with van der Waals surface area (Å²) >= 11 is 3.75. The van der Waals surface area contributed by atoms with Gasteiger partial charge >= 0.3 is 0 Å². The minimum absolute atomic E-state index is 0.0391. The molecule has 4 unspecified atom stereocenters. The van der Waals surface area contributed by atoms with E-state index in [4.69, 9.17) is 0 Å². The largest absolute Gasteiger partial charge is 0.298 e. The number of allylic oxidation sites excluding steroid dienone is 1. The van der Waals surface area contributed by atoms with Gasteiger partial charge in [-0.3, -0.25) is 4.79 Å². The van der Waals surface area contributed by atoms with Gasteiger partial charge in [-0.2, -0.15) is 0 Å². The molecule has 140 valence electrons. The van der Waals surface area contributed by atoms with Crippen LogP contribution in [0, 0.1) is 17.7 Å². The quantitative estimate of drug-likeness (QED) is 0.432. The molecule has 0 bridgehead atoms. The third-order valence-electron chi connectivity index (χ3n) is 6.28. The van der Waals surface area contributed by atoms with Crippen molar-refractivity contribution in [2.45, 2.75) is 23.6 Å². The van der Waals surface area contributed by atoms with Crippen molar-refractivity contribution in [3.05, 3.63) is 89.2 Å². The third-order valence-corrected chi connectivity index (χ3v) is 7.30. The Morgan fingerprint density at radius 2 is 1.79 bits per heavy atom. The lowest BCUT2D eigenvalue weighted by Gasteiger charge is -2.40. The molecule has 0 saturated heterocycles. The van der Waals surface area contributed by atoms with Gasteiger partial charge in [0.1, 0.15) is 5.82 Å². The summed E-state index contributed by atoms with van der Waals surface area (Å²) < 4.78 is 13.2. The Morgan fingerprint density at radius 1 is 1.00 bits per heavy atom. The summed E-state index contributed by atoms with van der Waals surface area (Å²) in [6, 6.07) is 19.3. The normalized spacial score (nSPS) is 26.1. The summed E-state index contributed by atoms with van der Waals surface area (Å²) in [5.74, 6) is 0.488. The first kappa shape index (κ1) is 17.8. The van der Waals surface area contributed by atoms with Crippen LogP contribution in [0.4, 0.5) is 4.39 Å². The van der Waals surface area contributed by atoms with Crippen molar-refractivity contribution in [1.29, 1.82) is 0 Å². The molecule has 0 N–H and O–H groups in total. The van der Waals surface area contributed by atoms with Crippen LogP contribution in [0.2, 0.25) is 0 Å². The minimum atomic E-state index is -0.240. The highest BCUT2D eigenvalue weighted by Crippen LogP contribution is 2.48. The summed E-state index contributed by atoms with van der Waals surface area (Å²) in [6.45, 7) is 0. The number of benzene rings is 3. The molecule has 0 amide bonds. The molecule has 5 rings (SSSR count). The first-order valence-electron chi connectivity index (χ1n) is 9.74. The number of fused-ring (bicyclic) bond motifs is 5. The van der Waals surface area contributed by atoms with E-state index in [1.165, 1.54) is 34.0 Å². The van der Waals surface area contributed by atoms with Crippen LogP contribution in [0.1, 0.15) is 29.0 Å². The van der Waals surface area contributed by atoms with Gasteiger partial charge in [-0.1, -0.05) is 76.6 Å². The molecular weight excluding hydrogens is 415 g/mol. The monoisotopic (exact) mass is 434 g/mol. The molecule has 3 heteroatoms. The second-order valence-corrected chi connectivity index (χ2v) is 8.89. The molecule has 28 heavy (non-hydrogen) atoms. The number of ketones is 1. The van der Waals surface area contributed by atoms with Gasteiger partial charge in [0.25, 0.3) is 0 Å². The fourth-order valence-electron chi connectivity index (χ4n) is 4.89. The molecule has 0 aliphatic heterocycles. The molecular formula is C25H20BrFO. The number of hydrogen-bond acceptors (Lipinski definition) is 1. The molecule has 1 nitrogen and oxygen atoms in total. The Kier molecular flexibility index (Phi) is 4.43. The predicted molar refractivity (Wildman–Crippen MR) is 115 cm³/mol. The lowest BCUT2D eigenvalue weighted by atomic mass is 9.66. The van der Waals surface area contributed by atoms with Crippen LogP contribution in [-0.4, -0.2) is 10.6 Å². The molecule has 4 atom stereocenters. The average molecular weight is 435 g/mol. The fourth-order valence-corrected chi connectivity index (χ4v) is 5.95. The van der Waals surface area contributed by atoms with E-state index >= 15 is 0 Å². The Labute approximate surface area is 172 Å². The predicted octanol–water partition coefficient (Wildman–Crippen LogP) is 6.30. The van der Waals surface area contributed by atoms with E-state index < -0.39 is 0 Å². The van der Waals surface area contributed by atoms with Gasteiger partial charge in [-0.15, -0.1) is 0 Å². The maximum Gasteiger partial charge on any atom is 0.150 e. The lowest BCUT2D eigenvalue weighted by molar-refractivity contribution is -0.125. The van der Waals surface area contributed by atoms with Gasteiger partial charge in [0, 0.05) is 11.8 Å². The minimum Gasteiger partial charge on any atom is -0.298 e. The SMILES string of the molecule is O=C1C(Cc2ccc(F)cc2)CC2C=Cc3c(ccc4ccccc34)C2C1Br. The first-order chi connectivity index (χ1) is 13.6. The highest BCUT2D eigenvalue weighted by atomic mass is 79.9. The van der Waals surface area contributed by atoms with Crippen molar-refractivity contribution in [2.75, 3.05) is 0 Å². The van der Waals surface area contributed by atoms with E-state index in [-0.39, 0.29) is 28.3 Å². The zero-order valence-corrected chi connectivity index (χ0v) is 16.9. The smallest absolute Gasteiger partial charge is 0.150 e. The van der Waals surface area contributed by atoms with Crippen LogP contribution < -0.4 is 0 Å². The van der Waals surface area contributed by atoms with Gasteiger partial charge in [-0.25, -0.2) is 4.39 Å². The zero-order chi connectivity index (χ0) is 19.3. The van der Waals surface area contributed by atoms with E-state index in [0.29, 0.717) is 12.3 Å². The van der Waals surface area contributed by atoms with Crippen LogP contribution in [0.15, 0.2) is 66.7 Å². The van der Waals surface area contributed by atoms with Gasteiger partial charge in [0.05, 0.1) is 4.83 Å². The van der Waals surface area contributed by atoms with E-state index in [1.54, 1.807) is 12.1 Å². The third kappa shape index (κ3) is 2.93. The lowest BCUT2D eigenvalue weighted by Crippen LogP contribution is -2.41. The van der Waals surface area contributed by atoms with E-state index in [2.05, 4.69) is 64.5 Å². The van der Waals surface area contributed by atoms with Crippen LogP contribution in [0.3, 0.4) is 0 Å². The van der Waals surface area contributed by atoms with Gasteiger partial charge in [0.2, 0.25) is 0 Å². The van der Waals surface area contributed by atoms with Crippen LogP contribution in [-0.2, 0) is 11.2 Å². The molecule has 1 saturated carbocycles. The van der Waals surface area contributed by atoms with E-state index in [1.807, 2.05) is 0 Å². The molecule has 3 aromatic rings. The Hall–Kier alpha value is -2.26. The summed E-state index contributed by atoms with van der Waals surface area (Å²) in [6.07, 6.45) is 6.04. The highest BCUT2D eigenvalue weighted by Gasteiger charge is 2.44. The molecule has 1 fully saturated rings. The standard InChI is InChI=1S/C25H20BrFO/c26-24-23-17(14-18(25(24)28)13-15-5-9-19(27)10-6-15)8-11-21-20-4-2-1-3-16(20)7-12-22(21)23/h1-12,17-18,23-24H,13-14H2. The van der Waals surface area contributed by atoms with Gasteiger partial charge in [-0.05, 0) is 58.4 Å². The molecule has 0 aromatic heterocycles. The van der Waals surface area contributed by atoms with Crippen molar-refractivity contribution in [3.8, 4) is 0 Å². The Bertz CT molecular complexity index is 1090. The van der Waals surface area contributed by atoms with Crippen molar-refractivity contribution < 1.29 is 9.18 Å². The fraction of sp³-hybridized carbons (Fsp3) is 0.240. The molecule has 2 aliphatic rings. The Balaban J connectivity index is 1.48. The first-order valence-corrected chi connectivity index (χ1v) is 10.7. The number of alkyl halides is 1. The Morgan fingerprint density at radius 3 is 2.61 bits per heavy atom. The second kappa shape index (κ2) is 6.97. The summed E-state index contributed by atoms with van der Waals surface area (Å²) in [5.41, 5.74) is 3.53. The van der Waals surface area contributed by atoms with Gasteiger partial charge < -0.3 is 0 Å². The topological polar surface area (TPSA) is 17.1 Å². The molecule has 0 spiro atoms. The summed E-state index contributed by atoms with van der Waals surface area (Å²) in [7, 11) is 0. The number of rotatable bonds is 2. The molecule has 0 radical (unpaired) electrons. The second-order valence-electron chi connectivity index (χ2n) is 7.91. The molecule has 3 aromatic carbocycles. The maximum absolute atomic E-state index is 13.2. The van der Waals surface area contributed by atoms with Crippen LogP contribution in [0.5, 0.6) is 0 Å². The number of carbonyl (C=O) groups excluding carboxylic acids is 1. The average Bonchev–Trinajstić information content (AvgIpc) is 2.72. The van der Waals surface area contributed by atoms with Gasteiger partial charge in [0.15, 0.2) is 5.78 Å².